The third-order valence-corrected chi connectivity index (χ3v) is 4.40. The molecule has 0 spiro atoms. The number of aliphatic hydroxyl groups is 2. The quantitative estimate of drug-likeness (QED) is 0.189. The van der Waals surface area contributed by atoms with Gasteiger partial charge in [-0.25, -0.2) is 0 Å². The van der Waals surface area contributed by atoms with Gasteiger partial charge in [0.05, 0.1) is 11.1 Å². The molecule has 1 unspecified atom stereocenters. The van der Waals surface area contributed by atoms with E-state index in [1.807, 2.05) is 31.2 Å². The van der Waals surface area contributed by atoms with Gasteiger partial charge in [0.25, 0.3) is 0 Å². The van der Waals surface area contributed by atoms with Crippen molar-refractivity contribution < 1.29 is 19.7 Å². The van der Waals surface area contributed by atoms with Crippen LogP contribution in [0.5, 0.6) is 11.6 Å². The fraction of sp³-hybridized carbons (Fsp3) is 0.261. The predicted octanol–water partition coefficient (Wildman–Crippen LogP) is 5.76. The Labute approximate surface area is 176 Å². The molecule has 7 heteroatoms. The molecular formula is C23H24ClCmNO4-2. The third-order valence-electron chi connectivity index (χ3n) is 4.02. The molecule has 2 N–H and O–H groups in total. The van der Waals surface area contributed by atoms with Gasteiger partial charge >= 0.3 is 0 Å². The Morgan fingerprint density at radius 2 is 1.90 bits per heavy atom. The van der Waals surface area contributed by atoms with E-state index in [1.165, 1.54) is 17.7 Å². The summed E-state index contributed by atoms with van der Waals surface area (Å²) in [6.45, 7) is 7.57. The van der Waals surface area contributed by atoms with Crippen LogP contribution in [0.3, 0.4) is 0 Å². The maximum atomic E-state index is 12.0. The Morgan fingerprint density at radius 3 is 2.43 bits per heavy atom. The summed E-state index contributed by atoms with van der Waals surface area (Å²) >= 11 is 5.81. The van der Waals surface area contributed by atoms with Crippen molar-refractivity contribution in [3.8, 4) is 11.6 Å². The number of hydrogen-bond donors (Lipinski definition) is 2. The Bertz CT molecular complexity index is 892. The number of ether oxygens (including phenoxy) is 1. The number of alkyl halides is 1. The summed E-state index contributed by atoms with van der Waals surface area (Å²) in [5, 5.41) is 19.2. The van der Waals surface area contributed by atoms with E-state index in [9.17, 15) is 15.0 Å². The predicted molar refractivity (Wildman–Crippen MR) is 114 cm³/mol. The van der Waals surface area contributed by atoms with E-state index in [0.29, 0.717) is 11.6 Å². The summed E-state index contributed by atoms with van der Waals surface area (Å²) in [4.78, 5) is 16.0. The number of ketones is 1. The van der Waals surface area contributed by atoms with Gasteiger partial charge in [-0.1, -0.05) is 37.6 Å². The standard InChI is InChI=1S/C20H17ClNO4.C3H7.Cm/c1-2-12-3-6-14(7-4-12)26-19-8-5-13(11-22-19)20(25)15-9-18(24)16(21)10-17(15)23;1-3-2;/h3-9,16,24-25H,2,10H2,1H3;1,3H2,2H3;/q2*-1;/b20-15-;;. The van der Waals surface area contributed by atoms with Gasteiger partial charge in [0.15, 0.2) is 5.78 Å². The van der Waals surface area contributed by atoms with Crippen molar-refractivity contribution in [2.45, 2.75) is 38.5 Å². The molecule has 1 aliphatic carbocycles. The maximum absolute atomic E-state index is 12.0. The topological polar surface area (TPSA) is 79.6 Å². The van der Waals surface area contributed by atoms with Gasteiger partial charge in [0.2, 0.25) is 0 Å². The average Bonchev–Trinajstić information content (AvgIpc) is 2.72. The zero-order chi connectivity index (χ0) is 21.4. The Hall–Kier alpha value is -3.79. The van der Waals surface area contributed by atoms with Crippen LogP contribution in [0.25, 0.3) is 5.76 Å². The number of hydrogen-bond acceptors (Lipinski definition) is 5. The number of allylic oxidation sites excluding steroid dienone is 3. The number of rotatable bonds is 4. The molecule has 0 bridgehead atoms. The number of Topliss-reactive ketones (excluding diaryl/α,β-unsaturated/α-hetero) is 1. The number of aromatic nitrogens is 1. The van der Waals surface area contributed by atoms with Crippen LogP contribution >= 0.6 is 11.6 Å². The number of benzene rings is 1. The minimum absolute atomic E-state index is 0. The van der Waals surface area contributed by atoms with E-state index in [2.05, 4.69) is 25.0 Å². The summed E-state index contributed by atoms with van der Waals surface area (Å²) in [6.07, 6.45) is 5.69. The normalized spacial score (nSPS) is 17.1. The molecule has 0 amide bonds. The SMILES string of the molecule is CCc1ccc(Oc2ccc(/C(O)=C3\C=C(O)C(Cl)CC3=O)[c-]n2)cc1.[CH2-]CC.[Cm]. The summed E-state index contributed by atoms with van der Waals surface area (Å²) < 4.78 is 5.63. The molecule has 30 heavy (non-hydrogen) atoms. The smallest absolute Gasteiger partial charge is 0.159 e. The fourth-order valence-electron chi connectivity index (χ4n) is 2.49. The second kappa shape index (κ2) is 11.3. The molecule has 0 saturated carbocycles. The van der Waals surface area contributed by atoms with Gasteiger partial charge in [-0.15, -0.1) is 17.7 Å². The summed E-state index contributed by atoms with van der Waals surface area (Å²) in [5.41, 5.74) is 1.41. The number of carbonyl (C=O) groups excluding carboxylic acids is 1. The van der Waals surface area contributed by atoms with Crippen LogP contribution in [0, 0.1) is 13.1 Å². The van der Waals surface area contributed by atoms with Crippen LogP contribution in [-0.2, 0) is 11.2 Å². The van der Waals surface area contributed by atoms with Gasteiger partial charge in [0, 0.05) is 12.0 Å². The molecule has 1 aromatic carbocycles. The van der Waals surface area contributed by atoms with E-state index in [1.54, 1.807) is 6.07 Å². The molecule has 0 fully saturated rings. The van der Waals surface area contributed by atoms with Gasteiger partial charge in [-0.2, -0.15) is 6.42 Å². The monoisotopic (exact) mass is 656 g/mol. The minimum Gasteiger partial charge on any atom is -0.550 e. The zero-order valence-electron chi connectivity index (χ0n) is 16.8. The first-order valence-corrected chi connectivity index (χ1v) is 9.79. The summed E-state index contributed by atoms with van der Waals surface area (Å²) in [6, 6.07) is 10.8. The molecule has 5 nitrogen and oxygen atoms in total. The average molecular weight is 661 g/mol. The number of nitrogens with zero attached hydrogens (tertiary/aromatic N) is 1. The summed E-state index contributed by atoms with van der Waals surface area (Å²) in [5.74, 6) is 0.129. The van der Waals surface area contributed by atoms with Gasteiger partial charge in [-0.3, -0.25) is 4.79 Å². The van der Waals surface area contributed by atoms with Gasteiger partial charge in [-0.05, 0) is 36.4 Å². The van der Waals surface area contributed by atoms with E-state index in [4.69, 9.17) is 16.3 Å². The Morgan fingerprint density at radius 1 is 1.27 bits per heavy atom. The van der Waals surface area contributed by atoms with Crippen molar-refractivity contribution >= 4 is 23.1 Å². The molecular weight excluding hydrogens is 637 g/mol. The van der Waals surface area contributed by atoms with Crippen molar-refractivity contribution in [3.63, 3.8) is 0 Å². The van der Waals surface area contributed by atoms with Crippen LogP contribution < -0.4 is 4.74 Å². The minimum atomic E-state index is -0.768. The first-order chi connectivity index (χ1) is 13.9. The number of pyridine rings is 1. The molecule has 1 aromatic heterocycles. The van der Waals surface area contributed by atoms with Crippen LogP contribution in [0.4, 0.5) is 0 Å². The largest absolute Gasteiger partial charge is 0.550 e. The molecule has 0 saturated heterocycles. The molecule has 1 atom stereocenters. The fourth-order valence-corrected chi connectivity index (χ4v) is 2.69. The van der Waals surface area contributed by atoms with Gasteiger partial charge in [0.1, 0.15) is 17.4 Å². The number of carbonyl (C=O) groups is 1. The molecule has 3 rings (SSSR count). The third kappa shape index (κ3) is 6.11. The Kier molecular flexibility index (Phi) is 9.11. The van der Waals surface area contributed by atoms with Crippen LogP contribution in [-0.4, -0.2) is 26.4 Å². The van der Waals surface area contributed by atoms with Gasteiger partial charge < -0.3 is 26.9 Å². The van der Waals surface area contributed by atoms with E-state index >= 15 is 0 Å². The first kappa shape index (κ1) is 24.2. The van der Waals surface area contributed by atoms with Crippen LogP contribution in [0.2, 0.25) is 0 Å². The molecule has 1 aliphatic rings. The van der Waals surface area contributed by atoms with Crippen LogP contribution in [0.15, 0.2) is 53.8 Å². The zero-order valence-corrected chi connectivity index (χ0v) is 20.5. The second-order valence-electron chi connectivity index (χ2n) is 6.33. The molecule has 0 aliphatic heterocycles. The van der Waals surface area contributed by atoms with Crippen LogP contribution in [0.1, 0.15) is 37.8 Å². The molecule has 162 valence electrons. The second-order valence-corrected chi connectivity index (χ2v) is 6.86. The Balaban J connectivity index is 0.00000106. The van der Waals surface area contributed by atoms with E-state index in [0.717, 1.165) is 12.8 Å². The molecule has 0 radical (unpaired) electrons. The van der Waals surface area contributed by atoms with E-state index in [-0.39, 0.29) is 34.9 Å². The summed E-state index contributed by atoms with van der Waals surface area (Å²) in [7, 11) is 0. The van der Waals surface area contributed by atoms with Crippen molar-refractivity contribution in [2.75, 3.05) is 0 Å². The number of halogens is 1. The van der Waals surface area contributed by atoms with E-state index < -0.39 is 5.38 Å². The van der Waals surface area contributed by atoms with Crippen molar-refractivity contribution in [1.29, 1.82) is 0 Å². The van der Waals surface area contributed by atoms with Crippen molar-refractivity contribution in [3.05, 3.63) is 78.1 Å². The number of aryl methyl sites for hydroxylation is 1. The first-order valence-electron chi connectivity index (χ1n) is 9.35. The van der Waals surface area contributed by atoms with Crippen molar-refractivity contribution in [2.24, 2.45) is 0 Å². The number of aliphatic hydroxyl groups excluding tert-OH is 2. The maximum Gasteiger partial charge on any atom is 0.159 e. The molecule has 1 heterocycles. The molecule has 2 aromatic rings. The van der Waals surface area contributed by atoms with Crippen molar-refractivity contribution in [1.82, 2.24) is 4.98 Å².